The third-order valence-corrected chi connectivity index (χ3v) is 11.6. The SMILES string of the molecule is Cc1nc2ccc(Oc3ccc4ncc(-c5cnn(C6(CC=O)CCC7(CC6)OCCO7)c5)nc4c3Cl)cc2n1COCC[Si](C)(C)C. The van der Waals surface area contributed by atoms with Crippen molar-refractivity contribution in [1.82, 2.24) is 29.3 Å². The molecule has 3 aromatic heterocycles. The molecule has 1 spiro atoms. The molecule has 4 heterocycles. The minimum Gasteiger partial charge on any atom is -0.456 e. The fraction of sp³-hybridized carbons (Fsp3) is 0.457. The van der Waals surface area contributed by atoms with Crippen molar-refractivity contribution in [2.75, 3.05) is 19.8 Å². The lowest BCUT2D eigenvalue weighted by Gasteiger charge is -2.43. The first-order chi connectivity index (χ1) is 23.1. The topological polar surface area (TPSA) is 115 Å². The number of nitrogens with zero attached hydrogens (tertiary/aromatic N) is 6. The molecule has 11 nitrogen and oxygen atoms in total. The number of fused-ring (bicyclic) bond motifs is 2. The highest BCUT2D eigenvalue weighted by molar-refractivity contribution is 6.76. The molecule has 252 valence electrons. The summed E-state index contributed by atoms with van der Waals surface area (Å²) in [4.78, 5) is 26.0. The van der Waals surface area contributed by atoms with E-state index in [0.29, 0.717) is 72.5 Å². The maximum absolute atomic E-state index is 11.8. The molecular formula is C35H41ClN6O5Si. The van der Waals surface area contributed by atoms with E-state index in [1.54, 1.807) is 18.5 Å². The number of halogens is 1. The van der Waals surface area contributed by atoms with Gasteiger partial charge in [-0.3, -0.25) is 9.67 Å². The summed E-state index contributed by atoms with van der Waals surface area (Å²) in [6, 6.07) is 10.5. The van der Waals surface area contributed by atoms with E-state index in [9.17, 15) is 4.79 Å². The highest BCUT2D eigenvalue weighted by atomic mass is 35.5. The minimum atomic E-state index is -1.18. The lowest BCUT2D eigenvalue weighted by atomic mass is 9.77. The zero-order chi connectivity index (χ0) is 33.5. The second-order valence-electron chi connectivity index (χ2n) is 14.1. The van der Waals surface area contributed by atoms with Crippen molar-refractivity contribution in [1.29, 1.82) is 0 Å². The van der Waals surface area contributed by atoms with Gasteiger partial charge in [-0.15, -0.1) is 0 Å². The Morgan fingerprint density at radius 2 is 1.79 bits per heavy atom. The van der Waals surface area contributed by atoms with Crippen molar-refractivity contribution in [3.63, 3.8) is 0 Å². The van der Waals surface area contributed by atoms with Gasteiger partial charge in [-0.1, -0.05) is 31.2 Å². The molecule has 2 aliphatic rings. The lowest BCUT2D eigenvalue weighted by Crippen LogP contribution is -2.45. The molecule has 0 N–H and O–H groups in total. The summed E-state index contributed by atoms with van der Waals surface area (Å²) in [6.45, 7) is 11.4. The number of aryl methyl sites for hydroxylation is 1. The Kier molecular flexibility index (Phi) is 8.88. The summed E-state index contributed by atoms with van der Waals surface area (Å²) < 4.78 is 28.2. The summed E-state index contributed by atoms with van der Waals surface area (Å²) >= 11 is 6.93. The van der Waals surface area contributed by atoms with E-state index in [-0.39, 0.29) is 0 Å². The van der Waals surface area contributed by atoms with Crippen LogP contribution >= 0.6 is 11.6 Å². The Hall–Kier alpha value is -3.68. The standard InChI is InChI=1S/C35H41ClN6O5Si/c1-24-39-27-6-5-26(19-30(27)41(24)23-44-17-18-48(2,3)4)47-31-8-7-28-33(32(31)36)40-29(21-37-28)25-20-38-42(22-25)34(13-14-43)9-11-35(12-10-34)45-15-16-46-35/h5-8,14,19-22H,9-13,15-18,23H2,1-4H3. The Balaban J connectivity index is 1.12. The highest BCUT2D eigenvalue weighted by Crippen LogP contribution is 2.45. The molecule has 2 fully saturated rings. The van der Waals surface area contributed by atoms with Crippen LogP contribution in [0, 0.1) is 6.92 Å². The Morgan fingerprint density at radius 3 is 2.54 bits per heavy atom. The maximum Gasteiger partial charge on any atom is 0.168 e. The summed E-state index contributed by atoms with van der Waals surface area (Å²) in [6.07, 6.45) is 9.63. The third-order valence-electron chi connectivity index (χ3n) is 9.56. The zero-order valence-electron chi connectivity index (χ0n) is 27.9. The Labute approximate surface area is 285 Å². The van der Waals surface area contributed by atoms with Crippen LogP contribution in [-0.4, -0.2) is 69.3 Å². The van der Waals surface area contributed by atoms with E-state index >= 15 is 0 Å². The van der Waals surface area contributed by atoms with E-state index in [4.69, 9.17) is 45.6 Å². The van der Waals surface area contributed by atoms with Crippen LogP contribution in [0.4, 0.5) is 0 Å². The van der Waals surface area contributed by atoms with Crippen LogP contribution in [0.25, 0.3) is 33.3 Å². The van der Waals surface area contributed by atoms with Crippen LogP contribution in [0.5, 0.6) is 11.5 Å². The van der Waals surface area contributed by atoms with Crippen molar-refractivity contribution < 1.29 is 23.7 Å². The number of hydrogen-bond donors (Lipinski definition) is 0. The number of aldehydes is 1. The van der Waals surface area contributed by atoms with Crippen molar-refractivity contribution in [3.05, 3.63) is 59.8 Å². The number of aromatic nitrogens is 6. The largest absolute Gasteiger partial charge is 0.456 e. The van der Waals surface area contributed by atoms with Gasteiger partial charge in [-0.2, -0.15) is 5.10 Å². The van der Waals surface area contributed by atoms with Gasteiger partial charge < -0.3 is 28.3 Å². The third kappa shape index (κ3) is 6.51. The smallest absolute Gasteiger partial charge is 0.168 e. The van der Waals surface area contributed by atoms with Crippen LogP contribution in [0.3, 0.4) is 0 Å². The molecular weight excluding hydrogens is 648 g/mol. The lowest BCUT2D eigenvalue weighted by molar-refractivity contribution is -0.191. The van der Waals surface area contributed by atoms with E-state index < -0.39 is 19.4 Å². The number of imidazole rings is 1. The van der Waals surface area contributed by atoms with Crippen LogP contribution in [0.2, 0.25) is 30.7 Å². The maximum atomic E-state index is 11.8. The van der Waals surface area contributed by atoms with Crippen molar-refractivity contribution >= 4 is 48.0 Å². The number of carbonyl (C=O) groups is 1. The first-order valence-electron chi connectivity index (χ1n) is 16.5. The zero-order valence-corrected chi connectivity index (χ0v) is 29.6. The van der Waals surface area contributed by atoms with Crippen molar-refractivity contribution in [2.24, 2.45) is 0 Å². The van der Waals surface area contributed by atoms with E-state index in [0.717, 1.165) is 54.2 Å². The molecule has 0 unspecified atom stereocenters. The summed E-state index contributed by atoms with van der Waals surface area (Å²) in [5.74, 6) is 1.44. The van der Waals surface area contributed by atoms with Crippen LogP contribution in [-0.2, 0) is 31.3 Å². The fourth-order valence-electron chi connectivity index (χ4n) is 6.63. The molecule has 0 bridgehead atoms. The molecule has 1 saturated carbocycles. The molecule has 0 amide bonds. The van der Waals surface area contributed by atoms with Gasteiger partial charge in [0.2, 0.25) is 0 Å². The second-order valence-corrected chi connectivity index (χ2v) is 20.1. The van der Waals surface area contributed by atoms with Crippen LogP contribution < -0.4 is 4.74 Å². The van der Waals surface area contributed by atoms with Crippen LogP contribution in [0.1, 0.15) is 37.9 Å². The highest BCUT2D eigenvalue weighted by Gasteiger charge is 2.47. The molecule has 0 radical (unpaired) electrons. The summed E-state index contributed by atoms with van der Waals surface area (Å²) in [7, 11) is -1.18. The normalized spacial score (nSPS) is 17.4. The van der Waals surface area contributed by atoms with Crippen molar-refractivity contribution in [2.45, 2.75) is 82.8 Å². The molecule has 0 atom stereocenters. The quantitative estimate of drug-likeness (QED) is 0.0790. The Morgan fingerprint density at radius 1 is 1.02 bits per heavy atom. The first-order valence-corrected chi connectivity index (χ1v) is 20.6. The number of hydrogen-bond acceptors (Lipinski definition) is 9. The number of carbonyl (C=O) groups excluding carboxylic acids is 1. The predicted octanol–water partition coefficient (Wildman–Crippen LogP) is 7.51. The van der Waals surface area contributed by atoms with Gasteiger partial charge in [-0.25, -0.2) is 9.97 Å². The van der Waals surface area contributed by atoms with Gasteiger partial charge in [-0.05, 0) is 50.1 Å². The monoisotopic (exact) mass is 688 g/mol. The molecule has 2 aromatic carbocycles. The van der Waals surface area contributed by atoms with Gasteiger partial charge in [0.1, 0.15) is 40.9 Å². The predicted molar refractivity (Wildman–Crippen MR) is 186 cm³/mol. The molecule has 13 heteroatoms. The van der Waals surface area contributed by atoms with E-state index in [1.807, 2.05) is 42.1 Å². The number of ether oxygens (including phenoxy) is 4. The Bertz CT molecular complexity index is 1950. The summed E-state index contributed by atoms with van der Waals surface area (Å²) in [5, 5.41) is 5.06. The molecule has 1 aliphatic carbocycles. The van der Waals surface area contributed by atoms with Gasteiger partial charge in [0, 0.05) is 51.8 Å². The number of benzene rings is 2. The minimum absolute atomic E-state index is 0.359. The van der Waals surface area contributed by atoms with E-state index in [1.165, 1.54) is 0 Å². The molecule has 48 heavy (non-hydrogen) atoms. The van der Waals surface area contributed by atoms with Gasteiger partial charge in [0.05, 0.1) is 53.4 Å². The fourth-order valence-corrected chi connectivity index (χ4v) is 7.63. The number of rotatable bonds is 11. The molecule has 1 saturated heterocycles. The van der Waals surface area contributed by atoms with Gasteiger partial charge in [0.25, 0.3) is 0 Å². The average molecular weight is 689 g/mol. The average Bonchev–Trinajstić information content (AvgIpc) is 3.81. The second kappa shape index (κ2) is 13.0. The van der Waals surface area contributed by atoms with E-state index in [2.05, 4.69) is 29.2 Å². The molecule has 1 aliphatic heterocycles. The van der Waals surface area contributed by atoms with Gasteiger partial charge in [0.15, 0.2) is 5.79 Å². The van der Waals surface area contributed by atoms with Gasteiger partial charge >= 0.3 is 0 Å². The molecule has 5 aromatic rings. The molecule has 7 rings (SSSR count). The van der Waals surface area contributed by atoms with Crippen molar-refractivity contribution in [3.8, 4) is 22.8 Å². The summed E-state index contributed by atoms with van der Waals surface area (Å²) in [5.41, 5.74) is 3.93. The van der Waals surface area contributed by atoms with Crippen LogP contribution in [0.15, 0.2) is 48.9 Å². The first kappa shape index (κ1) is 32.8.